The Balaban J connectivity index is 1.28. The summed E-state index contributed by atoms with van der Waals surface area (Å²) >= 11 is 0. The lowest BCUT2D eigenvalue weighted by Gasteiger charge is -2.26. The van der Waals surface area contributed by atoms with Crippen LogP contribution in [0.3, 0.4) is 0 Å². The van der Waals surface area contributed by atoms with E-state index in [1.807, 2.05) is 71.6 Å². The van der Waals surface area contributed by atoms with Gasteiger partial charge >= 0.3 is 0 Å². The molecule has 0 aliphatic carbocycles. The van der Waals surface area contributed by atoms with Gasteiger partial charge in [0.1, 0.15) is 11.5 Å². The van der Waals surface area contributed by atoms with E-state index in [9.17, 15) is 4.79 Å². The van der Waals surface area contributed by atoms with E-state index < -0.39 is 0 Å². The van der Waals surface area contributed by atoms with Gasteiger partial charge in [0, 0.05) is 30.8 Å². The number of nitrogens with one attached hydrogen (secondary N) is 1. The Kier molecular flexibility index (Phi) is 5.88. The lowest BCUT2D eigenvalue weighted by Crippen LogP contribution is -2.35. The van der Waals surface area contributed by atoms with Crippen LogP contribution in [0, 0.1) is 0 Å². The van der Waals surface area contributed by atoms with Crippen molar-refractivity contribution < 1.29 is 9.21 Å². The summed E-state index contributed by atoms with van der Waals surface area (Å²) in [5.41, 5.74) is 3.02. The van der Waals surface area contributed by atoms with Gasteiger partial charge in [0.05, 0.1) is 6.54 Å². The summed E-state index contributed by atoms with van der Waals surface area (Å²) in [5, 5.41) is 3.41. The number of furan rings is 1. The Morgan fingerprint density at radius 2 is 1.61 bits per heavy atom. The number of likely N-dealkylation sites (tertiary alicyclic amines) is 1. The van der Waals surface area contributed by atoms with Gasteiger partial charge in [-0.15, -0.1) is 0 Å². The van der Waals surface area contributed by atoms with Crippen molar-refractivity contribution in [2.45, 2.75) is 32.4 Å². The highest BCUT2D eigenvalue weighted by Gasteiger charge is 2.17. The van der Waals surface area contributed by atoms with Crippen molar-refractivity contribution in [3.8, 4) is 11.3 Å². The second-order valence-corrected chi connectivity index (χ2v) is 7.29. The molecule has 1 saturated heterocycles. The third-order valence-electron chi connectivity index (χ3n) is 5.19. The zero-order valence-electron chi connectivity index (χ0n) is 16.1. The largest absolute Gasteiger partial charge is 0.460 e. The number of carbonyl (C=O) groups excluding carboxylic acids is 1. The van der Waals surface area contributed by atoms with Crippen molar-refractivity contribution in [3.05, 3.63) is 83.6 Å². The van der Waals surface area contributed by atoms with Crippen molar-refractivity contribution in [2.24, 2.45) is 0 Å². The minimum absolute atomic E-state index is 0.156. The molecule has 28 heavy (non-hydrogen) atoms. The molecule has 1 aliphatic heterocycles. The monoisotopic (exact) mass is 374 g/mol. The highest BCUT2D eigenvalue weighted by atomic mass is 16.3. The summed E-state index contributed by atoms with van der Waals surface area (Å²) in [6.45, 7) is 3.17. The summed E-state index contributed by atoms with van der Waals surface area (Å²) in [6.07, 6.45) is 3.47. The van der Waals surface area contributed by atoms with Crippen molar-refractivity contribution >= 4 is 5.91 Å². The Morgan fingerprint density at radius 3 is 2.36 bits per heavy atom. The second kappa shape index (κ2) is 8.89. The van der Waals surface area contributed by atoms with Crippen LogP contribution in [0.2, 0.25) is 0 Å². The molecule has 0 atom stereocenters. The molecule has 4 nitrogen and oxygen atoms in total. The van der Waals surface area contributed by atoms with E-state index in [1.165, 1.54) is 6.42 Å². The summed E-state index contributed by atoms with van der Waals surface area (Å²) < 4.78 is 5.91. The molecule has 1 fully saturated rings. The molecule has 1 N–H and O–H groups in total. The van der Waals surface area contributed by atoms with Crippen LogP contribution in [0.4, 0.5) is 0 Å². The van der Waals surface area contributed by atoms with E-state index in [2.05, 4.69) is 5.32 Å². The SMILES string of the molecule is O=C(c1ccc(CNCc2ccc(-c3ccccc3)o2)cc1)N1CCCCC1. The zero-order chi connectivity index (χ0) is 19.2. The van der Waals surface area contributed by atoms with E-state index in [1.54, 1.807) is 0 Å². The molecule has 0 radical (unpaired) electrons. The number of benzene rings is 2. The second-order valence-electron chi connectivity index (χ2n) is 7.29. The quantitative estimate of drug-likeness (QED) is 0.670. The molecule has 0 spiro atoms. The molecule has 144 valence electrons. The average molecular weight is 374 g/mol. The van der Waals surface area contributed by atoms with Gasteiger partial charge < -0.3 is 14.6 Å². The van der Waals surface area contributed by atoms with Crippen molar-refractivity contribution in [1.29, 1.82) is 0 Å². The predicted octanol–water partition coefficient (Wildman–Crippen LogP) is 4.86. The first-order chi connectivity index (χ1) is 13.8. The topological polar surface area (TPSA) is 45.5 Å². The minimum Gasteiger partial charge on any atom is -0.460 e. The van der Waals surface area contributed by atoms with Crippen LogP contribution in [0.15, 0.2) is 71.1 Å². The molecule has 0 saturated carbocycles. The van der Waals surface area contributed by atoms with Gasteiger partial charge in [-0.1, -0.05) is 42.5 Å². The smallest absolute Gasteiger partial charge is 0.253 e. The van der Waals surface area contributed by atoms with Crippen LogP contribution in [-0.4, -0.2) is 23.9 Å². The van der Waals surface area contributed by atoms with Gasteiger partial charge in [-0.3, -0.25) is 4.79 Å². The van der Waals surface area contributed by atoms with Gasteiger partial charge in [-0.2, -0.15) is 0 Å². The number of hydrogen-bond acceptors (Lipinski definition) is 3. The lowest BCUT2D eigenvalue weighted by atomic mass is 10.1. The van der Waals surface area contributed by atoms with E-state index >= 15 is 0 Å². The number of nitrogens with zero attached hydrogens (tertiary/aromatic N) is 1. The molecule has 0 bridgehead atoms. The maximum Gasteiger partial charge on any atom is 0.253 e. The number of hydrogen-bond donors (Lipinski definition) is 1. The highest BCUT2D eigenvalue weighted by molar-refractivity contribution is 5.94. The fraction of sp³-hybridized carbons (Fsp3) is 0.292. The molecule has 4 rings (SSSR count). The van der Waals surface area contributed by atoms with Crippen molar-refractivity contribution in [1.82, 2.24) is 10.2 Å². The van der Waals surface area contributed by atoms with Crippen LogP contribution in [0.1, 0.15) is 40.9 Å². The molecule has 3 aromatic rings. The number of piperidine rings is 1. The van der Waals surface area contributed by atoms with Gasteiger partial charge in [-0.05, 0) is 49.1 Å². The standard InChI is InChI=1S/C24H26N2O2/c27-24(26-15-5-2-6-16-26)21-11-9-19(10-12-21)17-25-18-22-13-14-23(28-22)20-7-3-1-4-8-20/h1,3-4,7-14,25H,2,5-6,15-18H2. The van der Waals surface area contributed by atoms with Gasteiger partial charge in [-0.25, -0.2) is 0 Å². The molecular weight excluding hydrogens is 348 g/mol. The molecule has 1 amide bonds. The fourth-order valence-corrected chi connectivity index (χ4v) is 3.61. The van der Waals surface area contributed by atoms with E-state index in [0.29, 0.717) is 6.54 Å². The fourth-order valence-electron chi connectivity index (χ4n) is 3.61. The maximum absolute atomic E-state index is 12.5. The van der Waals surface area contributed by atoms with Gasteiger partial charge in [0.2, 0.25) is 0 Å². The Bertz CT molecular complexity index is 894. The number of rotatable bonds is 6. The van der Waals surface area contributed by atoms with Crippen LogP contribution in [-0.2, 0) is 13.1 Å². The van der Waals surface area contributed by atoms with E-state index in [4.69, 9.17) is 4.42 Å². The first-order valence-corrected chi connectivity index (χ1v) is 10.0. The highest BCUT2D eigenvalue weighted by Crippen LogP contribution is 2.21. The van der Waals surface area contributed by atoms with Crippen molar-refractivity contribution in [2.75, 3.05) is 13.1 Å². The van der Waals surface area contributed by atoms with Gasteiger partial charge in [0.15, 0.2) is 0 Å². The van der Waals surface area contributed by atoms with E-state index in [0.717, 1.165) is 60.7 Å². The molecule has 2 heterocycles. The Morgan fingerprint density at radius 1 is 0.857 bits per heavy atom. The molecule has 2 aromatic carbocycles. The summed E-state index contributed by atoms with van der Waals surface area (Å²) in [6, 6.07) is 22.1. The average Bonchev–Trinajstić information content (AvgIpc) is 3.24. The lowest BCUT2D eigenvalue weighted by molar-refractivity contribution is 0.0724. The summed E-state index contributed by atoms with van der Waals surface area (Å²) in [5.74, 6) is 1.96. The molecular formula is C24H26N2O2. The van der Waals surface area contributed by atoms with Crippen molar-refractivity contribution in [3.63, 3.8) is 0 Å². The molecule has 1 aromatic heterocycles. The van der Waals surface area contributed by atoms with Crippen LogP contribution in [0.25, 0.3) is 11.3 Å². The normalized spacial score (nSPS) is 14.2. The maximum atomic E-state index is 12.5. The molecule has 4 heteroatoms. The number of carbonyl (C=O) groups is 1. The molecule has 1 aliphatic rings. The Labute approximate surface area is 166 Å². The first-order valence-electron chi connectivity index (χ1n) is 10.0. The van der Waals surface area contributed by atoms with E-state index in [-0.39, 0.29) is 5.91 Å². The summed E-state index contributed by atoms with van der Waals surface area (Å²) in [7, 11) is 0. The van der Waals surface area contributed by atoms with Crippen LogP contribution in [0.5, 0.6) is 0 Å². The zero-order valence-corrected chi connectivity index (χ0v) is 16.1. The number of amides is 1. The van der Waals surface area contributed by atoms with Gasteiger partial charge in [0.25, 0.3) is 5.91 Å². The Hall–Kier alpha value is -2.85. The summed E-state index contributed by atoms with van der Waals surface area (Å²) in [4.78, 5) is 14.5. The van der Waals surface area contributed by atoms with Crippen LogP contribution >= 0.6 is 0 Å². The third-order valence-corrected chi connectivity index (χ3v) is 5.19. The molecule has 0 unspecified atom stereocenters. The third kappa shape index (κ3) is 4.52. The minimum atomic E-state index is 0.156. The van der Waals surface area contributed by atoms with Crippen LogP contribution < -0.4 is 5.32 Å². The first kappa shape index (κ1) is 18.5. The predicted molar refractivity (Wildman–Crippen MR) is 111 cm³/mol.